The third-order valence-corrected chi connectivity index (χ3v) is 5.21. The summed E-state index contributed by atoms with van der Waals surface area (Å²) in [5, 5.41) is 17.0. The van der Waals surface area contributed by atoms with Gasteiger partial charge in [0.1, 0.15) is 5.75 Å². The molecule has 126 valence electrons. The minimum Gasteiger partial charge on any atom is -0.506 e. The van der Waals surface area contributed by atoms with Crippen LogP contribution in [0.15, 0.2) is 29.3 Å². The maximum absolute atomic E-state index is 10.0. The molecule has 2 fully saturated rings. The lowest BCUT2D eigenvalue weighted by atomic mass is 9.86. The van der Waals surface area contributed by atoms with Gasteiger partial charge in [0, 0.05) is 6.04 Å². The van der Waals surface area contributed by atoms with Crippen LogP contribution in [0.1, 0.15) is 58.3 Å². The van der Waals surface area contributed by atoms with E-state index in [1.165, 1.54) is 51.4 Å². The first kappa shape index (κ1) is 16.2. The van der Waals surface area contributed by atoms with Crippen molar-refractivity contribution in [2.75, 3.05) is 5.32 Å². The summed E-state index contributed by atoms with van der Waals surface area (Å²) in [4.78, 5) is 5.00. The molecule has 0 saturated heterocycles. The standard InChI is InChI=1S/C19H29N3O/c1-14-8-2-5-11-16(14)21-19(20-15-9-3-4-10-15)22-17-12-6-7-13-18(17)23/h6-7,12-16,23H,2-5,8-11H2,1H3,(H2,20,21,22). The van der Waals surface area contributed by atoms with E-state index in [0.29, 0.717) is 18.0 Å². The Hall–Kier alpha value is -1.71. The third-order valence-electron chi connectivity index (χ3n) is 5.21. The summed E-state index contributed by atoms with van der Waals surface area (Å²) in [6.45, 7) is 2.31. The van der Waals surface area contributed by atoms with Gasteiger partial charge in [-0.1, -0.05) is 44.7 Å². The molecule has 2 atom stereocenters. The van der Waals surface area contributed by atoms with E-state index in [1.54, 1.807) is 6.07 Å². The van der Waals surface area contributed by atoms with Crippen molar-refractivity contribution in [2.45, 2.75) is 70.4 Å². The average Bonchev–Trinajstić information content (AvgIpc) is 3.05. The molecule has 4 nitrogen and oxygen atoms in total. The number of phenols is 1. The molecule has 2 aliphatic carbocycles. The fraction of sp³-hybridized carbons (Fsp3) is 0.632. The van der Waals surface area contributed by atoms with Crippen LogP contribution < -0.4 is 10.6 Å². The largest absolute Gasteiger partial charge is 0.506 e. The van der Waals surface area contributed by atoms with E-state index in [4.69, 9.17) is 4.99 Å². The lowest BCUT2D eigenvalue weighted by Gasteiger charge is -2.27. The summed E-state index contributed by atoms with van der Waals surface area (Å²) < 4.78 is 0. The van der Waals surface area contributed by atoms with Crippen LogP contribution in [0.5, 0.6) is 5.75 Å². The molecule has 4 heteroatoms. The van der Waals surface area contributed by atoms with Gasteiger partial charge in [-0.3, -0.25) is 0 Å². The van der Waals surface area contributed by atoms with E-state index in [9.17, 15) is 5.11 Å². The highest BCUT2D eigenvalue weighted by Crippen LogP contribution is 2.27. The van der Waals surface area contributed by atoms with Crippen molar-refractivity contribution in [2.24, 2.45) is 10.9 Å². The zero-order valence-corrected chi connectivity index (χ0v) is 14.1. The predicted octanol–water partition coefficient (Wildman–Crippen LogP) is 4.27. The molecular weight excluding hydrogens is 286 g/mol. The highest BCUT2D eigenvalue weighted by molar-refractivity contribution is 5.95. The SMILES string of the molecule is CC1CCCCC1N=C(Nc1ccccc1O)NC1CCCC1. The molecule has 1 aromatic rings. The van der Waals surface area contributed by atoms with Crippen molar-refractivity contribution >= 4 is 11.6 Å². The smallest absolute Gasteiger partial charge is 0.196 e. The molecule has 0 aliphatic heterocycles. The monoisotopic (exact) mass is 315 g/mol. The summed E-state index contributed by atoms with van der Waals surface area (Å²) in [5.74, 6) is 1.73. The number of aliphatic imine (C=N–C) groups is 1. The van der Waals surface area contributed by atoms with Crippen molar-refractivity contribution in [1.29, 1.82) is 0 Å². The van der Waals surface area contributed by atoms with Gasteiger partial charge in [0.25, 0.3) is 0 Å². The molecule has 0 amide bonds. The zero-order valence-electron chi connectivity index (χ0n) is 14.1. The normalized spacial score (nSPS) is 26.2. The van der Waals surface area contributed by atoms with Gasteiger partial charge in [-0.15, -0.1) is 0 Å². The molecule has 0 aromatic heterocycles. The van der Waals surface area contributed by atoms with Crippen molar-refractivity contribution < 1.29 is 5.11 Å². The van der Waals surface area contributed by atoms with Gasteiger partial charge < -0.3 is 15.7 Å². The average molecular weight is 315 g/mol. The van der Waals surface area contributed by atoms with Crippen LogP contribution in [0.4, 0.5) is 5.69 Å². The lowest BCUT2D eigenvalue weighted by molar-refractivity contribution is 0.332. The Kier molecular flexibility index (Phi) is 5.42. The number of hydrogen-bond donors (Lipinski definition) is 3. The van der Waals surface area contributed by atoms with Crippen LogP contribution in [0.3, 0.4) is 0 Å². The van der Waals surface area contributed by atoms with Crippen molar-refractivity contribution in [3.63, 3.8) is 0 Å². The van der Waals surface area contributed by atoms with E-state index in [2.05, 4.69) is 17.6 Å². The molecule has 0 bridgehead atoms. The van der Waals surface area contributed by atoms with Crippen LogP contribution in [0.2, 0.25) is 0 Å². The number of para-hydroxylation sites is 2. The third kappa shape index (κ3) is 4.40. The Morgan fingerprint density at radius 3 is 2.48 bits per heavy atom. The van der Waals surface area contributed by atoms with Gasteiger partial charge in [-0.2, -0.15) is 0 Å². The van der Waals surface area contributed by atoms with Crippen LogP contribution in [-0.4, -0.2) is 23.1 Å². The molecule has 0 spiro atoms. The highest BCUT2D eigenvalue weighted by atomic mass is 16.3. The summed E-state index contributed by atoms with van der Waals surface area (Å²) in [6.07, 6.45) is 10.0. The number of rotatable bonds is 3. The van der Waals surface area contributed by atoms with Crippen LogP contribution in [0, 0.1) is 5.92 Å². The van der Waals surface area contributed by atoms with E-state index in [0.717, 1.165) is 11.6 Å². The second kappa shape index (κ2) is 7.71. The van der Waals surface area contributed by atoms with Crippen molar-refractivity contribution in [3.8, 4) is 5.75 Å². The summed E-state index contributed by atoms with van der Waals surface area (Å²) in [7, 11) is 0. The Balaban J connectivity index is 1.76. The number of guanidine groups is 1. The number of nitrogens with zero attached hydrogens (tertiary/aromatic N) is 1. The van der Waals surface area contributed by atoms with E-state index in [1.807, 2.05) is 18.2 Å². The lowest BCUT2D eigenvalue weighted by Crippen LogP contribution is -2.39. The van der Waals surface area contributed by atoms with E-state index < -0.39 is 0 Å². The fourth-order valence-electron chi connectivity index (χ4n) is 3.73. The van der Waals surface area contributed by atoms with Gasteiger partial charge in [0.2, 0.25) is 0 Å². The number of nitrogens with one attached hydrogen (secondary N) is 2. The molecule has 2 saturated carbocycles. The number of benzene rings is 1. The maximum atomic E-state index is 10.0. The topological polar surface area (TPSA) is 56.7 Å². The quantitative estimate of drug-likeness (QED) is 0.443. The van der Waals surface area contributed by atoms with Gasteiger partial charge in [0.05, 0.1) is 11.7 Å². The molecule has 1 aromatic carbocycles. The summed E-state index contributed by atoms with van der Waals surface area (Å²) in [6, 6.07) is 8.25. The van der Waals surface area contributed by atoms with Gasteiger partial charge >= 0.3 is 0 Å². The van der Waals surface area contributed by atoms with Crippen LogP contribution in [-0.2, 0) is 0 Å². The molecule has 0 heterocycles. The van der Waals surface area contributed by atoms with Gasteiger partial charge in [-0.05, 0) is 43.7 Å². The van der Waals surface area contributed by atoms with E-state index >= 15 is 0 Å². The Bertz CT molecular complexity index is 537. The first-order valence-electron chi connectivity index (χ1n) is 9.12. The van der Waals surface area contributed by atoms with Crippen LogP contribution in [0.25, 0.3) is 0 Å². The zero-order chi connectivity index (χ0) is 16.1. The minimum atomic E-state index is 0.269. The number of phenolic OH excluding ortho intramolecular Hbond substituents is 1. The molecule has 2 aliphatic rings. The molecule has 3 N–H and O–H groups in total. The molecule has 23 heavy (non-hydrogen) atoms. The van der Waals surface area contributed by atoms with Crippen LogP contribution >= 0.6 is 0 Å². The van der Waals surface area contributed by atoms with Gasteiger partial charge in [0.15, 0.2) is 5.96 Å². The van der Waals surface area contributed by atoms with E-state index in [-0.39, 0.29) is 5.75 Å². The minimum absolute atomic E-state index is 0.269. The predicted molar refractivity (Wildman–Crippen MR) is 96.0 cm³/mol. The molecule has 3 rings (SSSR count). The molecular formula is C19H29N3O. The Morgan fingerprint density at radius 1 is 1.04 bits per heavy atom. The Morgan fingerprint density at radius 2 is 1.74 bits per heavy atom. The summed E-state index contributed by atoms with van der Waals surface area (Å²) >= 11 is 0. The second-order valence-corrected chi connectivity index (χ2v) is 7.07. The fourth-order valence-corrected chi connectivity index (χ4v) is 3.73. The van der Waals surface area contributed by atoms with Crippen molar-refractivity contribution in [3.05, 3.63) is 24.3 Å². The Labute approximate surface area is 139 Å². The first-order valence-corrected chi connectivity index (χ1v) is 9.12. The number of hydrogen-bond acceptors (Lipinski definition) is 2. The molecule has 2 unspecified atom stereocenters. The number of aromatic hydroxyl groups is 1. The second-order valence-electron chi connectivity index (χ2n) is 7.07. The molecule has 0 radical (unpaired) electrons. The van der Waals surface area contributed by atoms with Gasteiger partial charge in [-0.25, -0.2) is 4.99 Å². The first-order chi connectivity index (χ1) is 11.2. The maximum Gasteiger partial charge on any atom is 0.196 e. The van der Waals surface area contributed by atoms with Crippen molar-refractivity contribution in [1.82, 2.24) is 5.32 Å². The highest BCUT2D eigenvalue weighted by Gasteiger charge is 2.23. The summed E-state index contributed by atoms with van der Waals surface area (Å²) in [5.41, 5.74) is 0.722. The number of anilines is 1.